The molecule has 1 aliphatic carbocycles. The molecule has 2 aromatic rings. The molecule has 0 saturated heterocycles. The maximum absolute atomic E-state index is 4.93. The summed E-state index contributed by atoms with van der Waals surface area (Å²) in [5.41, 5.74) is 3.54. The normalized spacial score (nSPS) is 15.7. The molecule has 3 nitrogen and oxygen atoms in total. The van der Waals surface area contributed by atoms with Gasteiger partial charge in [0, 0.05) is 21.1 Å². The quantitative estimate of drug-likeness (QED) is 0.640. The van der Waals surface area contributed by atoms with Crippen molar-refractivity contribution in [3.8, 4) is 11.3 Å². The molecule has 1 aromatic heterocycles. The lowest BCUT2D eigenvalue weighted by atomic mass is 9.99. The summed E-state index contributed by atoms with van der Waals surface area (Å²) in [6.45, 7) is 4.37. The molecule has 0 bridgehead atoms. The van der Waals surface area contributed by atoms with Gasteiger partial charge in [0.05, 0.1) is 12.2 Å². The van der Waals surface area contributed by atoms with Crippen LogP contribution in [0.3, 0.4) is 0 Å². The Morgan fingerprint density at radius 2 is 1.91 bits per heavy atom. The Labute approximate surface area is 149 Å². The Kier molecular flexibility index (Phi) is 5.62. The number of benzene rings is 1. The Morgan fingerprint density at radius 1 is 1.17 bits per heavy atom. The highest BCUT2D eigenvalue weighted by Gasteiger charge is 2.11. The molecule has 3 rings (SSSR count). The highest BCUT2D eigenvalue weighted by atomic mass is 79.9. The van der Waals surface area contributed by atoms with Crippen molar-refractivity contribution < 1.29 is 0 Å². The van der Waals surface area contributed by atoms with Gasteiger partial charge >= 0.3 is 0 Å². The molecule has 1 fully saturated rings. The van der Waals surface area contributed by atoms with E-state index in [0.29, 0.717) is 6.54 Å². The van der Waals surface area contributed by atoms with Crippen molar-refractivity contribution in [3.63, 3.8) is 0 Å². The standard InChI is InChI=1S/C18H20BrN3S/c1-2-12-20-18-22(21-16-6-4-3-5-7-16)17(13-23-18)14-8-10-15(19)11-9-14/h2,8-11,13H,1,3-7,12H2. The maximum atomic E-state index is 4.93. The highest BCUT2D eigenvalue weighted by Crippen LogP contribution is 2.23. The molecule has 1 aliphatic rings. The fourth-order valence-corrected chi connectivity index (χ4v) is 3.77. The zero-order valence-corrected chi connectivity index (χ0v) is 15.4. The van der Waals surface area contributed by atoms with Crippen molar-refractivity contribution in [1.29, 1.82) is 0 Å². The summed E-state index contributed by atoms with van der Waals surface area (Å²) < 4.78 is 3.09. The fourth-order valence-electron chi connectivity index (χ4n) is 2.67. The largest absolute Gasteiger partial charge is 0.253 e. The summed E-state index contributed by atoms with van der Waals surface area (Å²) in [5, 5.41) is 7.07. The molecule has 0 amide bonds. The molecular formula is C18H20BrN3S. The molecule has 1 heterocycles. The number of hydrogen-bond donors (Lipinski definition) is 0. The molecule has 5 heteroatoms. The molecule has 0 radical (unpaired) electrons. The van der Waals surface area contributed by atoms with Crippen LogP contribution in [0.1, 0.15) is 32.1 Å². The fraction of sp³-hybridized carbons (Fsp3) is 0.333. The van der Waals surface area contributed by atoms with E-state index in [4.69, 9.17) is 5.10 Å². The van der Waals surface area contributed by atoms with Gasteiger partial charge in [0.1, 0.15) is 0 Å². The first-order valence-corrected chi connectivity index (χ1v) is 9.60. The molecular weight excluding hydrogens is 370 g/mol. The van der Waals surface area contributed by atoms with Crippen LogP contribution in [-0.4, -0.2) is 16.9 Å². The van der Waals surface area contributed by atoms with Crippen LogP contribution in [0.5, 0.6) is 0 Å². The minimum absolute atomic E-state index is 0.616. The van der Waals surface area contributed by atoms with E-state index in [1.165, 1.54) is 25.0 Å². The number of aromatic nitrogens is 1. The van der Waals surface area contributed by atoms with Gasteiger partial charge in [-0.1, -0.05) is 40.6 Å². The summed E-state index contributed by atoms with van der Waals surface area (Å²) in [7, 11) is 0. The summed E-state index contributed by atoms with van der Waals surface area (Å²) in [6.07, 6.45) is 7.83. The van der Waals surface area contributed by atoms with E-state index in [1.807, 2.05) is 10.8 Å². The second-order valence-corrected chi connectivity index (χ2v) is 7.33. The number of rotatable bonds is 4. The zero-order chi connectivity index (χ0) is 16.1. The average Bonchev–Trinajstić information content (AvgIpc) is 2.97. The van der Waals surface area contributed by atoms with Crippen LogP contribution in [0.15, 0.2) is 56.9 Å². The molecule has 1 saturated carbocycles. The Bertz CT molecular complexity index is 760. The van der Waals surface area contributed by atoms with Crippen LogP contribution >= 0.6 is 27.3 Å². The summed E-state index contributed by atoms with van der Waals surface area (Å²) in [4.78, 5) is 5.53. The van der Waals surface area contributed by atoms with Crippen molar-refractivity contribution in [3.05, 3.63) is 51.6 Å². The lowest BCUT2D eigenvalue weighted by Gasteiger charge is -2.13. The summed E-state index contributed by atoms with van der Waals surface area (Å²) >= 11 is 5.13. The molecule has 0 aliphatic heterocycles. The van der Waals surface area contributed by atoms with Crippen molar-refractivity contribution in [2.24, 2.45) is 10.1 Å². The second-order valence-electron chi connectivity index (χ2n) is 5.58. The zero-order valence-electron chi connectivity index (χ0n) is 13.0. The third-order valence-electron chi connectivity index (χ3n) is 3.85. The van der Waals surface area contributed by atoms with E-state index < -0.39 is 0 Å². The second kappa shape index (κ2) is 7.88. The summed E-state index contributed by atoms with van der Waals surface area (Å²) in [5.74, 6) is 0. The van der Waals surface area contributed by atoms with Gasteiger partial charge in [-0.25, -0.2) is 4.68 Å². The first kappa shape index (κ1) is 16.4. The number of nitrogens with zero attached hydrogens (tertiary/aromatic N) is 3. The molecule has 0 atom stereocenters. The first-order valence-electron chi connectivity index (χ1n) is 7.92. The molecule has 1 aromatic carbocycles. The predicted octanol–water partition coefficient (Wildman–Crippen LogP) is 5.23. The van der Waals surface area contributed by atoms with Crippen LogP contribution < -0.4 is 4.80 Å². The minimum atomic E-state index is 0.616. The average molecular weight is 390 g/mol. The van der Waals surface area contributed by atoms with E-state index in [-0.39, 0.29) is 0 Å². The monoisotopic (exact) mass is 389 g/mol. The Hall–Kier alpha value is -1.46. The van der Waals surface area contributed by atoms with Crippen molar-refractivity contribution in [2.75, 3.05) is 6.54 Å². The number of hydrogen-bond acceptors (Lipinski definition) is 3. The van der Waals surface area contributed by atoms with E-state index in [2.05, 4.69) is 57.1 Å². The topological polar surface area (TPSA) is 29.6 Å². The smallest absolute Gasteiger partial charge is 0.206 e. The van der Waals surface area contributed by atoms with Gasteiger partial charge in [-0.05, 0) is 37.8 Å². The van der Waals surface area contributed by atoms with Gasteiger partial charge in [0.25, 0.3) is 0 Å². The first-order chi connectivity index (χ1) is 11.3. The van der Waals surface area contributed by atoms with Crippen LogP contribution in [0.2, 0.25) is 0 Å². The van der Waals surface area contributed by atoms with Crippen molar-refractivity contribution >= 4 is 33.0 Å². The summed E-state index contributed by atoms with van der Waals surface area (Å²) in [6, 6.07) is 8.35. The van der Waals surface area contributed by atoms with E-state index >= 15 is 0 Å². The molecule has 0 spiro atoms. The van der Waals surface area contributed by atoms with E-state index in [1.54, 1.807) is 11.3 Å². The van der Waals surface area contributed by atoms with E-state index in [9.17, 15) is 0 Å². The van der Waals surface area contributed by atoms with Crippen LogP contribution in [0.25, 0.3) is 11.3 Å². The van der Waals surface area contributed by atoms with Crippen LogP contribution in [-0.2, 0) is 0 Å². The molecule has 23 heavy (non-hydrogen) atoms. The molecule has 0 unspecified atom stereocenters. The predicted molar refractivity (Wildman–Crippen MR) is 102 cm³/mol. The lowest BCUT2D eigenvalue weighted by molar-refractivity contribution is 0.655. The minimum Gasteiger partial charge on any atom is -0.253 e. The van der Waals surface area contributed by atoms with E-state index in [0.717, 1.165) is 33.4 Å². The van der Waals surface area contributed by atoms with Gasteiger partial charge in [0.2, 0.25) is 4.80 Å². The SMILES string of the molecule is C=CCN=c1scc(-c2ccc(Br)cc2)n1N=C1CCCCC1. The number of thiazole rings is 1. The van der Waals surface area contributed by atoms with Gasteiger partial charge < -0.3 is 0 Å². The van der Waals surface area contributed by atoms with Crippen LogP contribution in [0, 0.1) is 0 Å². The molecule has 120 valence electrons. The Balaban J connectivity index is 2.07. The van der Waals surface area contributed by atoms with Crippen molar-refractivity contribution in [1.82, 2.24) is 4.68 Å². The van der Waals surface area contributed by atoms with Gasteiger partial charge in [-0.2, -0.15) is 5.10 Å². The third-order valence-corrected chi connectivity index (χ3v) is 5.24. The highest BCUT2D eigenvalue weighted by molar-refractivity contribution is 9.10. The van der Waals surface area contributed by atoms with Gasteiger partial charge in [0.15, 0.2) is 0 Å². The Morgan fingerprint density at radius 3 is 2.61 bits per heavy atom. The lowest BCUT2D eigenvalue weighted by Crippen LogP contribution is -2.16. The van der Waals surface area contributed by atoms with Gasteiger partial charge in [-0.3, -0.25) is 4.99 Å². The van der Waals surface area contributed by atoms with Crippen LogP contribution in [0.4, 0.5) is 0 Å². The third kappa shape index (κ3) is 4.09. The van der Waals surface area contributed by atoms with Gasteiger partial charge in [-0.15, -0.1) is 17.9 Å². The van der Waals surface area contributed by atoms with Crippen molar-refractivity contribution in [2.45, 2.75) is 32.1 Å². The number of halogens is 1. The molecule has 0 N–H and O–H groups in total. The maximum Gasteiger partial charge on any atom is 0.206 e.